The van der Waals surface area contributed by atoms with E-state index in [0.717, 1.165) is 12.0 Å². The number of benzene rings is 2. The van der Waals surface area contributed by atoms with Crippen LogP contribution in [0.25, 0.3) is 0 Å². The van der Waals surface area contributed by atoms with Gasteiger partial charge in [-0.25, -0.2) is 4.39 Å². The van der Waals surface area contributed by atoms with E-state index in [1.54, 1.807) is 12.1 Å². The maximum Gasteiger partial charge on any atom is 0.225 e. The molecule has 0 aromatic heterocycles. The third-order valence-electron chi connectivity index (χ3n) is 4.67. The van der Waals surface area contributed by atoms with Crippen LogP contribution in [0.4, 0.5) is 10.1 Å². The Morgan fingerprint density at radius 1 is 1.28 bits per heavy atom. The van der Waals surface area contributed by atoms with E-state index in [2.05, 4.69) is 10.6 Å². The normalized spacial score (nSPS) is 20.1. The number of aliphatic hydroxyl groups is 1. The fourth-order valence-corrected chi connectivity index (χ4v) is 3.32. The molecule has 1 aliphatic carbocycles. The highest BCUT2D eigenvalue weighted by Crippen LogP contribution is 2.36. The summed E-state index contributed by atoms with van der Waals surface area (Å²) in [6.45, 7) is 2.30. The van der Waals surface area contributed by atoms with E-state index >= 15 is 0 Å². The molecule has 3 N–H and O–H groups in total. The fraction of sp³-hybridized carbons (Fsp3) is 0.350. The number of carbonyl (C=O) groups is 1. The van der Waals surface area contributed by atoms with Crippen LogP contribution in [0, 0.1) is 5.82 Å². The van der Waals surface area contributed by atoms with Crippen LogP contribution in [0.5, 0.6) is 0 Å². The number of aryl methyl sites for hydroxylation is 1. The standard InChI is InChI=1S/C20H23FN2O2/c1-14(11-19(24)23-17-7-4-6-16(21)12-17)22-13-20(25)10-9-15-5-2-3-8-18(15)20/h2-8,12,14,22,25H,9-11,13H2,1H3,(H,23,24). The van der Waals surface area contributed by atoms with E-state index in [9.17, 15) is 14.3 Å². The molecule has 5 heteroatoms. The first-order valence-corrected chi connectivity index (χ1v) is 8.56. The molecule has 0 radical (unpaired) electrons. The largest absolute Gasteiger partial charge is 0.384 e. The van der Waals surface area contributed by atoms with Crippen LogP contribution in [0.1, 0.15) is 30.9 Å². The molecule has 1 amide bonds. The topological polar surface area (TPSA) is 61.4 Å². The Kier molecular flexibility index (Phi) is 5.16. The van der Waals surface area contributed by atoms with Gasteiger partial charge in [0.1, 0.15) is 11.4 Å². The second kappa shape index (κ2) is 7.33. The molecule has 2 unspecified atom stereocenters. The van der Waals surface area contributed by atoms with Crippen LogP contribution in [0.3, 0.4) is 0 Å². The molecule has 132 valence electrons. The monoisotopic (exact) mass is 342 g/mol. The van der Waals surface area contributed by atoms with Crippen molar-refractivity contribution in [3.63, 3.8) is 0 Å². The number of carbonyl (C=O) groups excluding carboxylic acids is 1. The minimum atomic E-state index is -0.885. The zero-order chi connectivity index (χ0) is 17.9. The highest BCUT2D eigenvalue weighted by atomic mass is 19.1. The molecule has 2 atom stereocenters. The smallest absolute Gasteiger partial charge is 0.225 e. The maximum atomic E-state index is 13.1. The third kappa shape index (κ3) is 4.24. The molecule has 0 heterocycles. The lowest BCUT2D eigenvalue weighted by molar-refractivity contribution is -0.116. The molecular weight excluding hydrogens is 319 g/mol. The SMILES string of the molecule is CC(CC(=O)Nc1cccc(F)c1)NCC1(O)CCc2ccccc21. The first-order valence-electron chi connectivity index (χ1n) is 8.56. The molecule has 0 aliphatic heterocycles. The molecule has 0 fully saturated rings. The number of fused-ring (bicyclic) bond motifs is 1. The van der Waals surface area contributed by atoms with Gasteiger partial charge in [0.2, 0.25) is 5.91 Å². The number of hydrogen-bond acceptors (Lipinski definition) is 3. The summed E-state index contributed by atoms with van der Waals surface area (Å²) in [6.07, 6.45) is 1.79. The van der Waals surface area contributed by atoms with Gasteiger partial charge in [-0.05, 0) is 49.1 Å². The average Bonchev–Trinajstić information content (AvgIpc) is 2.91. The van der Waals surface area contributed by atoms with Crippen LogP contribution < -0.4 is 10.6 Å². The maximum absolute atomic E-state index is 13.1. The Labute approximate surface area is 147 Å². The van der Waals surface area contributed by atoms with Crippen LogP contribution in [-0.2, 0) is 16.8 Å². The Morgan fingerprint density at radius 2 is 2.08 bits per heavy atom. The van der Waals surface area contributed by atoms with E-state index < -0.39 is 5.60 Å². The van der Waals surface area contributed by atoms with E-state index in [1.165, 1.54) is 17.7 Å². The van der Waals surface area contributed by atoms with Crippen molar-refractivity contribution >= 4 is 11.6 Å². The summed E-state index contributed by atoms with van der Waals surface area (Å²) in [5.41, 5.74) is 1.71. The second-order valence-electron chi connectivity index (χ2n) is 6.73. The lowest BCUT2D eigenvalue weighted by atomic mass is 9.95. The van der Waals surface area contributed by atoms with Crippen molar-refractivity contribution in [3.05, 3.63) is 65.5 Å². The minimum absolute atomic E-state index is 0.106. The van der Waals surface area contributed by atoms with Crippen molar-refractivity contribution in [2.75, 3.05) is 11.9 Å². The average molecular weight is 342 g/mol. The van der Waals surface area contributed by atoms with Crippen LogP contribution in [0.2, 0.25) is 0 Å². The number of hydrogen-bond donors (Lipinski definition) is 3. The van der Waals surface area contributed by atoms with Crippen molar-refractivity contribution in [2.24, 2.45) is 0 Å². The van der Waals surface area contributed by atoms with Gasteiger partial charge in [0.25, 0.3) is 0 Å². The molecule has 25 heavy (non-hydrogen) atoms. The van der Waals surface area contributed by atoms with Crippen LogP contribution >= 0.6 is 0 Å². The lowest BCUT2D eigenvalue weighted by Crippen LogP contribution is -2.41. The summed E-state index contributed by atoms with van der Waals surface area (Å²) >= 11 is 0. The predicted octanol–water partition coefficient (Wildman–Crippen LogP) is 2.97. The van der Waals surface area contributed by atoms with Gasteiger partial charge >= 0.3 is 0 Å². The van der Waals surface area contributed by atoms with Gasteiger partial charge in [-0.3, -0.25) is 4.79 Å². The van der Waals surface area contributed by atoms with Crippen molar-refractivity contribution in [3.8, 4) is 0 Å². The van der Waals surface area contributed by atoms with E-state index in [0.29, 0.717) is 18.7 Å². The molecular formula is C20H23FN2O2. The summed E-state index contributed by atoms with van der Waals surface area (Å²) < 4.78 is 13.1. The Morgan fingerprint density at radius 3 is 2.88 bits per heavy atom. The van der Waals surface area contributed by atoms with Crippen molar-refractivity contribution in [2.45, 2.75) is 37.8 Å². The molecule has 0 bridgehead atoms. The van der Waals surface area contributed by atoms with Crippen LogP contribution in [0.15, 0.2) is 48.5 Å². The number of nitrogens with one attached hydrogen (secondary N) is 2. The predicted molar refractivity (Wildman–Crippen MR) is 95.8 cm³/mol. The summed E-state index contributed by atoms with van der Waals surface area (Å²) in [6, 6.07) is 13.6. The number of halogens is 1. The first kappa shape index (κ1) is 17.6. The second-order valence-corrected chi connectivity index (χ2v) is 6.73. The summed E-state index contributed by atoms with van der Waals surface area (Å²) in [5.74, 6) is -0.574. The number of amides is 1. The quantitative estimate of drug-likeness (QED) is 0.756. The summed E-state index contributed by atoms with van der Waals surface area (Å²) in [4.78, 5) is 12.1. The lowest BCUT2D eigenvalue weighted by Gasteiger charge is -2.26. The molecule has 0 spiro atoms. The minimum Gasteiger partial charge on any atom is -0.384 e. The molecule has 2 aromatic rings. The summed E-state index contributed by atoms with van der Waals surface area (Å²) in [5, 5.41) is 16.8. The van der Waals surface area contributed by atoms with E-state index in [4.69, 9.17) is 0 Å². The first-order chi connectivity index (χ1) is 12.0. The molecule has 2 aromatic carbocycles. The van der Waals surface area contributed by atoms with Gasteiger partial charge in [0.05, 0.1) is 0 Å². The van der Waals surface area contributed by atoms with E-state index in [-0.39, 0.29) is 24.2 Å². The van der Waals surface area contributed by atoms with Gasteiger partial charge in [-0.1, -0.05) is 30.3 Å². The van der Waals surface area contributed by atoms with Gasteiger partial charge in [0, 0.05) is 24.7 Å². The van der Waals surface area contributed by atoms with Crippen molar-refractivity contribution < 1.29 is 14.3 Å². The van der Waals surface area contributed by atoms with Crippen LogP contribution in [-0.4, -0.2) is 23.6 Å². The fourth-order valence-electron chi connectivity index (χ4n) is 3.32. The van der Waals surface area contributed by atoms with Gasteiger partial charge in [0.15, 0.2) is 0 Å². The van der Waals surface area contributed by atoms with Gasteiger partial charge < -0.3 is 15.7 Å². The highest BCUT2D eigenvalue weighted by molar-refractivity contribution is 5.91. The molecule has 0 saturated carbocycles. The van der Waals surface area contributed by atoms with Gasteiger partial charge in [-0.15, -0.1) is 0 Å². The molecule has 1 aliphatic rings. The zero-order valence-corrected chi connectivity index (χ0v) is 14.3. The van der Waals surface area contributed by atoms with Gasteiger partial charge in [-0.2, -0.15) is 0 Å². The summed E-state index contributed by atoms with van der Waals surface area (Å²) in [7, 11) is 0. The molecule has 0 saturated heterocycles. The molecule has 3 rings (SSSR count). The van der Waals surface area contributed by atoms with Crippen molar-refractivity contribution in [1.82, 2.24) is 5.32 Å². The zero-order valence-electron chi connectivity index (χ0n) is 14.3. The molecule has 4 nitrogen and oxygen atoms in total. The Hall–Kier alpha value is -2.24. The Balaban J connectivity index is 1.51. The number of anilines is 1. The third-order valence-corrected chi connectivity index (χ3v) is 4.67. The van der Waals surface area contributed by atoms with Crippen molar-refractivity contribution in [1.29, 1.82) is 0 Å². The Bertz CT molecular complexity index is 765. The number of rotatable bonds is 6. The highest BCUT2D eigenvalue weighted by Gasteiger charge is 2.36. The van der Waals surface area contributed by atoms with E-state index in [1.807, 2.05) is 31.2 Å².